The monoisotopic (exact) mass is 597 g/mol. The van der Waals surface area contributed by atoms with Gasteiger partial charge in [0.05, 0.1) is 33.0 Å². The molecule has 1 aliphatic heterocycles. The molecule has 0 saturated carbocycles. The highest BCUT2D eigenvalue weighted by atomic mass is 16.6. The van der Waals surface area contributed by atoms with Gasteiger partial charge >= 0.3 is 5.69 Å². The van der Waals surface area contributed by atoms with E-state index in [-0.39, 0.29) is 25.9 Å². The van der Waals surface area contributed by atoms with E-state index in [0.29, 0.717) is 17.1 Å². The number of nitriles is 1. The standard InChI is InChI=1S/C34H35N3O7/c1-23-21-37(32(40)36-31(23)39)33(18-7-19-35)20-29(38)30(44-33)22-43-34(24-8-5-4-6-9-24,25-10-14-27(41-2)15-11-25)26-12-16-28(42-3)17-13-26/h4-6,8-17,21,29-30,38H,7,18,20,22H2,1-3H3,(H,36,39,40)/t29-,30+,33+/m0/s1. The van der Waals surface area contributed by atoms with Gasteiger partial charge in [-0.15, -0.1) is 0 Å². The third-order valence-electron chi connectivity index (χ3n) is 8.15. The molecule has 0 spiro atoms. The first-order chi connectivity index (χ1) is 21.3. The highest BCUT2D eigenvalue weighted by molar-refractivity contribution is 5.49. The summed E-state index contributed by atoms with van der Waals surface area (Å²) in [5.41, 5.74) is -0.923. The van der Waals surface area contributed by atoms with Gasteiger partial charge in [0.2, 0.25) is 0 Å². The van der Waals surface area contributed by atoms with Crippen molar-refractivity contribution in [1.29, 1.82) is 5.26 Å². The molecular formula is C34H35N3O7. The molecule has 10 nitrogen and oxygen atoms in total. The quantitative estimate of drug-likeness (QED) is 0.248. The zero-order valence-electron chi connectivity index (χ0n) is 24.9. The first-order valence-corrected chi connectivity index (χ1v) is 14.3. The average Bonchev–Trinajstić information content (AvgIpc) is 3.38. The Balaban J connectivity index is 1.58. The summed E-state index contributed by atoms with van der Waals surface area (Å²) in [5, 5.41) is 20.7. The first kappa shape index (κ1) is 30.8. The van der Waals surface area contributed by atoms with E-state index >= 15 is 0 Å². The molecule has 228 valence electrons. The number of aromatic amines is 1. The number of nitrogens with zero attached hydrogens (tertiary/aromatic N) is 2. The van der Waals surface area contributed by atoms with Crippen LogP contribution in [-0.2, 0) is 20.8 Å². The maximum Gasteiger partial charge on any atom is 0.330 e. The fourth-order valence-corrected chi connectivity index (χ4v) is 5.85. The molecule has 3 atom stereocenters. The van der Waals surface area contributed by atoms with Gasteiger partial charge in [-0.3, -0.25) is 14.3 Å². The van der Waals surface area contributed by atoms with Crippen molar-refractivity contribution in [2.45, 2.75) is 49.7 Å². The maximum atomic E-state index is 12.9. The van der Waals surface area contributed by atoms with E-state index in [1.54, 1.807) is 21.1 Å². The first-order valence-electron chi connectivity index (χ1n) is 14.3. The Morgan fingerprint density at radius 2 is 1.55 bits per heavy atom. The van der Waals surface area contributed by atoms with E-state index < -0.39 is 34.8 Å². The molecule has 2 N–H and O–H groups in total. The van der Waals surface area contributed by atoms with Gasteiger partial charge < -0.3 is 24.1 Å². The lowest BCUT2D eigenvalue weighted by molar-refractivity contribution is -0.144. The number of aliphatic hydroxyl groups excluding tert-OH is 1. The van der Waals surface area contributed by atoms with Gasteiger partial charge in [0, 0.05) is 31.0 Å². The summed E-state index contributed by atoms with van der Waals surface area (Å²) in [6, 6.07) is 27.0. The Morgan fingerprint density at radius 1 is 0.977 bits per heavy atom. The zero-order valence-corrected chi connectivity index (χ0v) is 24.9. The molecule has 0 amide bonds. The fraction of sp³-hybridized carbons (Fsp3) is 0.324. The van der Waals surface area contributed by atoms with E-state index in [0.717, 1.165) is 16.7 Å². The van der Waals surface area contributed by atoms with Crippen LogP contribution >= 0.6 is 0 Å². The molecule has 2 heterocycles. The number of benzene rings is 3. The van der Waals surface area contributed by atoms with Gasteiger partial charge in [-0.05, 0) is 47.9 Å². The number of nitrogens with one attached hydrogen (secondary N) is 1. The second kappa shape index (κ2) is 12.9. The van der Waals surface area contributed by atoms with Crippen molar-refractivity contribution in [3.8, 4) is 17.6 Å². The van der Waals surface area contributed by atoms with Crippen molar-refractivity contribution >= 4 is 0 Å². The fourth-order valence-electron chi connectivity index (χ4n) is 5.85. The van der Waals surface area contributed by atoms with Crippen LogP contribution in [0.4, 0.5) is 0 Å². The molecule has 4 aromatic rings. The second-order valence-electron chi connectivity index (χ2n) is 10.8. The SMILES string of the molecule is COc1ccc(C(OC[C@H]2O[C@@](CCC#N)(n3cc(C)c(=O)[nH]c3=O)C[C@@H]2O)(c2ccccc2)c2ccc(OC)cc2)cc1. The van der Waals surface area contributed by atoms with Crippen LogP contribution in [0.3, 0.4) is 0 Å². The van der Waals surface area contributed by atoms with Gasteiger partial charge in [-0.25, -0.2) is 4.79 Å². The number of hydrogen-bond acceptors (Lipinski definition) is 8. The molecule has 0 radical (unpaired) electrons. The van der Waals surface area contributed by atoms with Crippen LogP contribution in [0, 0.1) is 18.3 Å². The van der Waals surface area contributed by atoms with Crippen molar-refractivity contribution in [3.63, 3.8) is 0 Å². The predicted molar refractivity (Wildman–Crippen MR) is 163 cm³/mol. The van der Waals surface area contributed by atoms with Crippen LogP contribution in [0.25, 0.3) is 0 Å². The summed E-state index contributed by atoms with van der Waals surface area (Å²) in [6.45, 7) is 1.51. The third kappa shape index (κ3) is 5.77. The average molecular weight is 598 g/mol. The molecule has 1 fully saturated rings. The van der Waals surface area contributed by atoms with E-state index in [1.807, 2.05) is 78.9 Å². The third-order valence-corrected chi connectivity index (χ3v) is 8.15. The van der Waals surface area contributed by atoms with Crippen molar-refractivity contribution in [2.75, 3.05) is 20.8 Å². The second-order valence-corrected chi connectivity index (χ2v) is 10.8. The molecule has 44 heavy (non-hydrogen) atoms. The van der Waals surface area contributed by atoms with E-state index in [2.05, 4.69) is 11.1 Å². The van der Waals surface area contributed by atoms with Gasteiger partial charge in [0.1, 0.15) is 23.2 Å². The van der Waals surface area contributed by atoms with Gasteiger partial charge in [0.25, 0.3) is 5.56 Å². The van der Waals surface area contributed by atoms with E-state index in [4.69, 9.17) is 18.9 Å². The molecule has 0 bridgehead atoms. The largest absolute Gasteiger partial charge is 0.497 e. The number of H-pyrrole nitrogens is 1. The summed E-state index contributed by atoms with van der Waals surface area (Å²) in [7, 11) is 3.21. The number of aryl methyl sites for hydroxylation is 1. The lowest BCUT2D eigenvalue weighted by Gasteiger charge is -2.37. The minimum atomic E-state index is -1.36. The van der Waals surface area contributed by atoms with Crippen LogP contribution in [-0.4, -0.2) is 47.7 Å². The van der Waals surface area contributed by atoms with E-state index in [1.165, 1.54) is 10.8 Å². The minimum Gasteiger partial charge on any atom is -0.497 e. The molecule has 3 aromatic carbocycles. The Kier molecular flexibility index (Phi) is 9.01. The molecule has 5 rings (SSSR count). The van der Waals surface area contributed by atoms with Gasteiger partial charge in [0.15, 0.2) is 5.72 Å². The number of aliphatic hydroxyl groups is 1. The van der Waals surface area contributed by atoms with Crippen molar-refractivity contribution < 1.29 is 24.1 Å². The summed E-state index contributed by atoms with van der Waals surface area (Å²) in [4.78, 5) is 27.4. The highest BCUT2D eigenvalue weighted by Crippen LogP contribution is 2.44. The van der Waals surface area contributed by atoms with Crippen molar-refractivity contribution in [2.24, 2.45) is 0 Å². The topological polar surface area (TPSA) is 136 Å². The van der Waals surface area contributed by atoms with Crippen LogP contribution in [0.15, 0.2) is 94.6 Å². The van der Waals surface area contributed by atoms with E-state index in [9.17, 15) is 20.0 Å². The molecule has 0 unspecified atom stereocenters. The van der Waals surface area contributed by atoms with Crippen LogP contribution < -0.4 is 20.7 Å². The minimum absolute atomic E-state index is 0.0253. The molecule has 1 saturated heterocycles. The van der Waals surface area contributed by atoms with Crippen LogP contribution in [0.5, 0.6) is 11.5 Å². The maximum absolute atomic E-state index is 12.9. The Labute approximate surface area is 255 Å². The lowest BCUT2D eigenvalue weighted by Crippen LogP contribution is -2.45. The molecule has 0 aliphatic carbocycles. The number of hydrogen-bond donors (Lipinski definition) is 2. The van der Waals surface area contributed by atoms with Crippen molar-refractivity contribution in [1.82, 2.24) is 9.55 Å². The zero-order chi connectivity index (χ0) is 31.3. The molecule has 1 aromatic heterocycles. The normalized spacial score (nSPS) is 19.8. The summed E-state index contributed by atoms with van der Waals surface area (Å²) >= 11 is 0. The number of methoxy groups -OCH3 is 2. The summed E-state index contributed by atoms with van der Waals surface area (Å²) in [5.74, 6) is 1.37. The molecular weight excluding hydrogens is 562 g/mol. The van der Waals surface area contributed by atoms with Crippen molar-refractivity contribution in [3.05, 3.63) is 128 Å². The smallest absolute Gasteiger partial charge is 0.330 e. The van der Waals surface area contributed by atoms with Gasteiger partial charge in [-0.1, -0.05) is 54.6 Å². The number of aromatic nitrogens is 2. The lowest BCUT2D eigenvalue weighted by atomic mass is 9.80. The summed E-state index contributed by atoms with van der Waals surface area (Å²) < 4.78 is 25.5. The number of ether oxygens (including phenoxy) is 4. The summed E-state index contributed by atoms with van der Waals surface area (Å²) in [6.07, 6.45) is -0.269. The molecule has 1 aliphatic rings. The number of rotatable bonds is 11. The highest BCUT2D eigenvalue weighted by Gasteiger charge is 2.49. The Morgan fingerprint density at radius 3 is 2.09 bits per heavy atom. The molecule has 10 heteroatoms. The Hall–Kier alpha value is -4.69. The van der Waals surface area contributed by atoms with Gasteiger partial charge in [-0.2, -0.15) is 5.26 Å². The Bertz CT molecular complexity index is 1680. The predicted octanol–water partition coefficient (Wildman–Crippen LogP) is 3.98. The van der Waals surface area contributed by atoms with Crippen LogP contribution in [0.2, 0.25) is 0 Å². The van der Waals surface area contributed by atoms with Crippen LogP contribution in [0.1, 0.15) is 41.5 Å².